The lowest BCUT2D eigenvalue weighted by atomic mass is 10.3. The zero-order valence-electron chi connectivity index (χ0n) is 10.6. The number of aromatic nitrogens is 2. The normalized spacial score (nSPS) is 10.5. The highest BCUT2D eigenvalue weighted by Gasteiger charge is 1.98. The molecule has 0 amide bonds. The van der Waals surface area contributed by atoms with Crippen molar-refractivity contribution in [3.63, 3.8) is 0 Å². The molecular weight excluding hydrogens is 228 g/mol. The number of ether oxygens (including phenoxy) is 2. The van der Waals surface area contributed by atoms with Crippen LogP contribution in [0.4, 0.5) is 0 Å². The fraction of sp³-hybridized carbons (Fsp3) is 0.357. The van der Waals surface area contributed by atoms with Gasteiger partial charge in [-0.15, -0.1) is 0 Å². The molecule has 0 N–H and O–H groups in total. The molecule has 0 bridgehead atoms. The third-order valence-electron chi connectivity index (χ3n) is 2.53. The molecule has 0 fully saturated rings. The Balaban J connectivity index is 1.68. The molecule has 18 heavy (non-hydrogen) atoms. The molecule has 0 saturated heterocycles. The van der Waals surface area contributed by atoms with Gasteiger partial charge in [-0.25, -0.2) is 0 Å². The van der Waals surface area contributed by atoms with Crippen molar-refractivity contribution in [1.82, 2.24) is 9.78 Å². The predicted molar refractivity (Wildman–Crippen MR) is 69.5 cm³/mol. The average Bonchev–Trinajstić information content (AvgIpc) is 2.84. The lowest BCUT2D eigenvalue weighted by Gasteiger charge is -2.05. The van der Waals surface area contributed by atoms with Crippen molar-refractivity contribution in [3.8, 4) is 5.75 Å². The van der Waals surface area contributed by atoms with Crippen molar-refractivity contribution in [1.29, 1.82) is 0 Å². The number of nitrogens with zero attached hydrogens (tertiary/aromatic N) is 2. The second kappa shape index (κ2) is 6.81. The van der Waals surface area contributed by atoms with Crippen LogP contribution in [0, 0.1) is 0 Å². The maximum atomic E-state index is 5.62. The highest BCUT2D eigenvalue weighted by Crippen LogP contribution is 2.08. The number of para-hydroxylation sites is 1. The molecule has 1 aromatic heterocycles. The zero-order chi connectivity index (χ0) is 12.6. The molecule has 1 aromatic carbocycles. The summed E-state index contributed by atoms with van der Waals surface area (Å²) in [5.41, 5.74) is 0.960. The fourth-order valence-electron chi connectivity index (χ4n) is 1.69. The summed E-state index contributed by atoms with van der Waals surface area (Å²) in [7, 11) is 1.67. The molecule has 0 aliphatic rings. The van der Waals surface area contributed by atoms with E-state index in [0.29, 0.717) is 13.2 Å². The van der Waals surface area contributed by atoms with Crippen LogP contribution in [0.2, 0.25) is 0 Å². The lowest BCUT2D eigenvalue weighted by Crippen LogP contribution is -2.05. The van der Waals surface area contributed by atoms with Crippen LogP contribution < -0.4 is 4.74 Å². The third kappa shape index (κ3) is 3.89. The van der Waals surface area contributed by atoms with E-state index in [4.69, 9.17) is 9.47 Å². The van der Waals surface area contributed by atoms with E-state index in [0.717, 1.165) is 24.4 Å². The van der Waals surface area contributed by atoms with E-state index in [1.165, 1.54) is 0 Å². The number of aryl methyl sites for hydroxylation is 1. The maximum Gasteiger partial charge on any atom is 0.119 e. The van der Waals surface area contributed by atoms with Crippen LogP contribution in [-0.4, -0.2) is 23.5 Å². The minimum absolute atomic E-state index is 0.563. The monoisotopic (exact) mass is 246 g/mol. The molecule has 1 heterocycles. The predicted octanol–water partition coefficient (Wildman–Crippen LogP) is 2.50. The van der Waals surface area contributed by atoms with Gasteiger partial charge >= 0.3 is 0 Å². The summed E-state index contributed by atoms with van der Waals surface area (Å²) in [6, 6.07) is 11.8. The van der Waals surface area contributed by atoms with Crippen LogP contribution in [0.3, 0.4) is 0 Å². The largest absolute Gasteiger partial charge is 0.494 e. The summed E-state index contributed by atoms with van der Waals surface area (Å²) in [6.07, 6.45) is 2.90. The Labute approximate surface area is 107 Å². The first-order valence-electron chi connectivity index (χ1n) is 6.07. The van der Waals surface area contributed by atoms with Crippen LogP contribution in [-0.2, 0) is 17.9 Å². The number of benzene rings is 1. The molecule has 0 aliphatic carbocycles. The summed E-state index contributed by atoms with van der Waals surface area (Å²) in [5.74, 6) is 0.915. The van der Waals surface area contributed by atoms with Crippen LogP contribution in [0.15, 0.2) is 42.6 Å². The zero-order valence-corrected chi connectivity index (χ0v) is 10.6. The van der Waals surface area contributed by atoms with Crippen LogP contribution in [0.5, 0.6) is 5.75 Å². The lowest BCUT2D eigenvalue weighted by molar-refractivity contribution is 0.180. The molecule has 0 aliphatic heterocycles. The second-order valence-corrected chi connectivity index (χ2v) is 4.02. The van der Waals surface area contributed by atoms with E-state index >= 15 is 0 Å². The van der Waals surface area contributed by atoms with Crippen molar-refractivity contribution in [2.75, 3.05) is 13.7 Å². The van der Waals surface area contributed by atoms with Crippen molar-refractivity contribution in [2.45, 2.75) is 19.6 Å². The summed E-state index contributed by atoms with van der Waals surface area (Å²) in [5, 5.41) is 4.38. The van der Waals surface area contributed by atoms with Gasteiger partial charge < -0.3 is 9.47 Å². The van der Waals surface area contributed by atoms with Crippen molar-refractivity contribution < 1.29 is 9.47 Å². The van der Waals surface area contributed by atoms with E-state index in [2.05, 4.69) is 5.10 Å². The van der Waals surface area contributed by atoms with E-state index in [1.54, 1.807) is 7.11 Å². The number of rotatable bonds is 7. The Morgan fingerprint density at radius 1 is 1.17 bits per heavy atom. The number of hydrogen-bond donors (Lipinski definition) is 0. The molecule has 2 aromatic rings. The van der Waals surface area contributed by atoms with Crippen LogP contribution in [0.25, 0.3) is 0 Å². The molecule has 2 rings (SSSR count). The van der Waals surface area contributed by atoms with Gasteiger partial charge in [0.2, 0.25) is 0 Å². The number of hydrogen-bond acceptors (Lipinski definition) is 3. The smallest absolute Gasteiger partial charge is 0.119 e. The van der Waals surface area contributed by atoms with Gasteiger partial charge in [-0.1, -0.05) is 18.2 Å². The molecule has 0 saturated carbocycles. The van der Waals surface area contributed by atoms with Crippen LogP contribution in [0.1, 0.15) is 12.1 Å². The minimum atomic E-state index is 0.563. The van der Waals surface area contributed by atoms with Crippen LogP contribution >= 0.6 is 0 Å². The van der Waals surface area contributed by atoms with Gasteiger partial charge in [-0.3, -0.25) is 4.68 Å². The average molecular weight is 246 g/mol. The van der Waals surface area contributed by atoms with Gasteiger partial charge in [0.1, 0.15) is 5.75 Å². The Kier molecular flexibility index (Phi) is 4.78. The first kappa shape index (κ1) is 12.6. The Hall–Kier alpha value is -1.81. The molecule has 4 heteroatoms. The van der Waals surface area contributed by atoms with Gasteiger partial charge in [0.05, 0.1) is 18.9 Å². The standard InChI is InChI=1S/C14H18N2O2/c1-17-12-13-8-10-16(15-13)9-5-11-18-14-6-3-2-4-7-14/h2-4,6-8,10H,5,9,11-12H2,1H3. The highest BCUT2D eigenvalue weighted by atomic mass is 16.5. The van der Waals surface area contributed by atoms with Gasteiger partial charge in [0.15, 0.2) is 0 Å². The summed E-state index contributed by atoms with van der Waals surface area (Å²) >= 11 is 0. The minimum Gasteiger partial charge on any atom is -0.494 e. The first-order valence-corrected chi connectivity index (χ1v) is 6.07. The fourth-order valence-corrected chi connectivity index (χ4v) is 1.69. The Morgan fingerprint density at radius 2 is 2.00 bits per heavy atom. The second-order valence-electron chi connectivity index (χ2n) is 4.02. The summed E-state index contributed by atoms with van der Waals surface area (Å²) < 4.78 is 12.6. The van der Waals surface area contributed by atoms with Crippen molar-refractivity contribution in [2.24, 2.45) is 0 Å². The molecule has 0 unspecified atom stereocenters. The van der Waals surface area contributed by atoms with Gasteiger partial charge in [-0.05, 0) is 18.2 Å². The Bertz CT molecular complexity index is 454. The Morgan fingerprint density at radius 3 is 2.78 bits per heavy atom. The van der Waals surface area contributed by atoms with E-state index < -0.39 is 0 Å². The maximum absolute atomic E-state index is 5.62. The van der Waals surface area contributed by atoms with Crippen molar-refractivity contribution >= 4 is 0 Å². The molecule has 4 nitrogen and oxygen atoms in total. The summed E-state index contributed by atoms with van der Waals surface area (Å²) in [4.78, 5) is 0. The highest BCUT2D eigenvalue weighted by molar-refractivity contribution is 5.20. The van der Waals surface area contributed by atoms with Gasteiger partial charge in [0.25, 0.3) is 0 Å². The molecule has 0 spiro atoms. The van der Waals surface area contributed by atoms with Gasteiger partial charge in [-0.2, -0.15) is 5.10 Å². The summed E-state index contributed by atoms with van der Waals surface area (Å²) in [6.45, 7) is 2.12. The van der Waals surface area contributed by atoms with E-state index in [-0.39, 0.29) is 0 Å². The first-order chi connectivity index (χ1) is 8.88. The quantitative estimate of drug-likeness (QED) is 0.704. The molecular formula is C14H18N2O2. The van der Waals surface area contributed by atoms with Crippen molar-refractivity contribution in [3.05, 3.63) is 48.3 Å². The molecule has 0 radical (unpaired) electrons. The third-order valence-corrected chi connectivity index (χ3v) is 2.53. The van der Waals surface area contributed by atoms with Gasteiger partial charge in [0, 0.05) is 26.3 Å². The topological polar surface area (TPSA) is 36.3 Å². The molecule has 96 valence electrons. The number of methoxy groups -OCH3 is 1. The van der Waals surface area contributed by atoms with E-state index in [9.17, 15) is 0 Å². The SMILES string of the molecule is COCc1ccn(CCCOc2ccccc2)n1. The van der Waals surface area contributed by atoms with E-state index in [1.807, 2.05) is 47.3 Å². The molecule has 0 atom stereocenters.